The topological polar surface area (TPSA) is 12.0 Å². The average molecular weight is 195 g/mol. The molecule has 2 aliphatic rings. The molecule has 5 unspecified atom stereocenters. The molecule has 1 nitrogen and oxygen atoms in total. The van der Waals surface area contributed by atoms with Gasteiger partial charge in [-0.15, -0.1) is 0 Å². The van der Waals surface area contributed by atoms with Gasteiger partial charge in [0.2, 0.25) is 0 Å². The molecular weight excluding hydrogens is 170 g/mol. The summed E-state index contributed by atoms with van der Waals surface area (Å²) in [6.07, 6.45) is 5.90. The van der Waals surface area contributed by atoms with Gasteiger partial charge < -0.3 is 5.32 Å². The SMILES string of the molecule is CC1CNC(C)C2CC(C)CC(C1)C2. The highest BCUT2D eigenvalue weighted by atomic mass is 14.9. The minimum absolute atomic E-state index is 0.753. The average Bonchev–Trinajstić information content (AvgIpc) is 2.12. The molecule has 0 spiro atoms. The molecule has 5 atom stereocenters. The Morgan fingerprint density at radius 1 is 0.857 bits per heavy atom. The molecule has 14 heavy (non-hydrogen) atoms. The van der Waals surface area contributed by atoms with Crippen LogP contribution in [0, 0.1) is 23.7 Å². The van der Waals surface area contributed by atoms with Crippen LogP contribution in [0.4, 0.5) is 0 Å². The van der Waals surface area contributed by atoms with Gasteiger partial charge in [-0.05, 0) is 62.8 Å². The largest absolute Gasteiger partial charge is 0.314 e. The van der Waals surface area contributed by atoms with Crippen LogP contribution >= 0.6 is 0 Å². The van der Waals surface area contributed by atoms with E-state index < -0.39 is 0 Å². The van der Waals surface area contributed by atoms with Crippen molar-refractivity contribution in [1.29, 1.82) is 0 Å². The normalized spacial score (nSPS) is 49.5. The molecule has 0 aromatic carbocycles. The Morgan fingerprint density at radius 3 is 2.36 bits per heavy atom. The lowest BCUT2D eigenvalue weighted by Crippen LogP contribution is -2.42. The lowest BCUT2D eigenvalue weighted by molar-refractivity contribution is 0.132. The molecule has 0 amide bonds. The van der Waals surface area contributed by atoms with Crippen molar-refractivity contribution in [3.63, 3.8) is 0 Å². The highest BCUT2D eigenvalue weighted by molar-refractivity contribution is 4.86. The van der Waals surface area contributed by atoms with Gasteiger partial charge in [0.25, 0.3) is 0 Å². The first-order valence-electron chi connectivity index (χ1n) is 6.38. The maximum Gasteiger partial charge on any atom is 0.00673 e. The fourth-order valence-corrected chi connectivity index (χ4v) is 3.61. The van der Waals surface area contributed by atoms with E-state index in [2.05, 4.69) is 26.1 Å². The molecule has 2 fully saturated rings. The molecule has 0 radical (unpaired) electrons. The van der Waals surface area contributed by atoms with Crippen molar-refractivity contribution in [1.82, 2.24) is 5.32 Å². The third-order valence-electron chi connectivity index (χ3n) is 4.31. The minimum Gasteiger partial charge on any atom is -0.314 e. The summed E-state index contributed by atoms with van der Waals surface area (Å²) in [5.41, 5.74) is 0. The van der Waals surface area contributed by atoms with Crippen molar-refractivity contribution in [2.45, 2.75) is 52.5 Å². The monoisotopic (exact) mass is 195 g/mol. The molecule has 2 rings (SSSR count). The van der Waals surface area contributed by atoms with E-state index in [0.717, 1.165) is 29.7 Å². The molecule has 1 heterocycles. The van der Waals surface area contributed by atoms with Crippen LogP contribution in [0.5, 0.6) is 0 Å². The number of nitrogens with one attached hydrogen (secondary N) is 1. The van der Waals surface area contributed by atoms with Crippen LogP contribution in [-0.2, 0) is 0 Å². The third-order valence-corrected chi connectivity index (χ3v) is 4.31. The maximum atomic E-state index is 3.71. The first-order valence-corrected chi connectivity index (χ1v) is 6.38. The molecular formula is C13H25N. The van der Waals surface area contributed by atoms with Crippen molar-refractivity contribution < 1.29 is 0 Å². The number of hydrogen-bond acceptors (Lipinski definition) is 1. The quantitative estimate of drug-likeness (QED) is 0.626. The molecule has 2 bridgehead atoms. The fraction of sp³-hybridized carbons (Fsp3) is 1.00. The third kappa shape index (κ3) is 2.31. The number of hydrogen-bond donors (Lipinski definition) is 1. The van der Waals surface area contributed by atoms with E-state index in [4.69, 9.17) is 0 Å². The van der Waals surface area contributed by atoms with E-state index >= 15 is 0 Å². The second-order valence-corrected chi connectivity index (χ2v) is 5.98. The summed E-state index contributed by atoms with van der Waals surface area (Å²) in [6, 6.07) is 0.753. The van der Waals surface area contributed by atoms with Crippen LogP contribution in [-0.4, -0.2) is 12.6 Å². The van der Waals surface area contributed by atoms with Gasteiger partial charge in [-0.2, -0.15) is 0 Å². The zero-order valence-electron chi connectivity index (χ0n) is 9.92. The molecule has 1 saturated heterocycles. The zero-order valence-corrected chi connectivity index (χ0v) is 9.92. The molecule has 1 aliphatic heterocycles. The summed E-state index contributed by atoms with van der Waals surface area (Å²) in [6.45, 7) is 8.47. The van der Waals surface area contributed by atoms with Crippen molar-refractivity contribution in [2.75, 3.05) is 6.54 Å². The highest BCUT2D eigenvalue weighted by Gasteiger charge is 2.32. The number of rotatable bonds is 0. The van der Waals surface area contributed by atoms with Crippen LogP contribution in [0.1, 0.15) is 46.5 Å². The molecule has 82 valence electrons. The van der Waals surface area contributed by atoms with E-state index in [-0.39, 0.29) is 0 Å². The Bertz CT molecular complexity index is 190. The molecule has 1 saturated carbocycles. The first-order chi connectivity index (χ1) is 6.65. The molecule has 1 N–H and O–H groups in total. The molecule has 1 heteroatoms. The van der Waals surface area contributed by atoms with Gasteiger partial charge in [-0.25, -0.2) is 0 Å². The van der Waals surface area contributed by atoms with Crippen LogP contribution in [0.2, 0.25) is 0 Å². The summed E-state index contributed by atoms with van der Waals surface area (Å²) < 4.78 is 0. The smallest absolute Gasteiger partial charge is 0.00673 e. The minimum atomic E-state index is 0.753. The van der Waals surface area contributed by atoms with E-state index in [1.165, 1.54) is 32.2 Å². The highest BCUT2D eigenvalue weighted by Crippen LogP contribution is 2.39. The summed E-state index contributed by atoms with van der Waals surface area (Å²) in [7, 11) is 0. The number of fused-ring (bicyclic) bond motifs is 2. The summed E-state index contributed by atoms with van der Waals surface area (Å²) in [4.78, 5) is 0. The Hall–Kier alpha value is -0.0400. The Labute approximate surface area is 88.7 Å². The van der Waals surface area contributed by atoms with E-state index in [1.807, 2.05) is 0 Å². The fourth-order valence-electron chi connectivity index (χ4n) is 3.61. The summed E-state index contributed by atoms with van der Waals surface area (Å²) >= 11 is 0. The lowest BCUT2D eigenvalue weighted by atomic mass is 9.70. The van der Waals surface area contributed by atoms with E-state index in [9.17, 15) is 0 Å². The van der Waals surface area contributed by atoms with Crippen LogP contribution in [0.3, 0.4) is 0 Å². The van der Waals surface area contributed by atoms with E-state index in [1.54, 1.807) is 0 Å². The predicted octanol–water partition coefficient (Wildman–Crippen LogP) is 3.06. The Balaban J connectivity index is 2.04. The van der Waals surface area contributed by atoms with Crippen LogP contribution in [0.25, 0.3) is 0 Å². The van der Waals surface area contributed by atoms with Gasteiger partial charge in [0.05, 0.1) is 0 Å². The van der Waals surface area contributed by atoms with Gasteiger partial charge in [0.15, 0.2) is 0 Å². The Morgan fingerprint density at radius 2 is 1.57 bits per heavy atom. The Kier molecular flexibility index (Phi) is 3.16. The lowest BCUT2D eigenvalue weighted by Gasteiger charge is -2.40. The van der Waals surface area contributed by atoms with Gasteiger partial charge >= 0.3 is 0 Å². The van der Waals surface area contributed by atoms with Gasteiger partial charge in [-0.1, -0.05) is 13.8 Å². The molecule has 0 aromatic heterocycles. The predicted molar refractivity (Wildman–Crippen MR) is 61.2 cm³/mol. The zero-order chi connectivity index (χ0) is 10.1. The first kappa shape index (κ1) is 10.5. The molecule has 1 aliphatic carbocycles. The van der Waals surface area contributed by atoms with Gasteiger partial charge in [-0.3, -0.25) is 0 Å². The van der Waals surface area contributed by atoms with Crippen LogP contribution in [0.15, 0.2) is 0 Å². The van der Waals surface area contributed by atoms with Crippen molar-refractivity contribution in [3.05, 3.63) is 0 Å². The van der Waals surface area contributed by atoms with Gasteiger partial charge in [0.1, 0.15) is 0 Å². The second kappa shape index (κ2) is 4.22. The van der Waals surface area contributed by atoms with Crippen molar-refractivity contribution >= 4 is 0 Å². The summed E-state index contributed by atoms with van der Waals surface area (Å²) in [5.74, 6) is 3.83. The van der Waals surface area contributed by atoms with Crippen molar-refractivity contribution in [2.24, 2.45) is 23.7 Å². The molecule has 0 aromatic rings. The van der Waals surface area contributed by atoms with Crippen LogP contribution < -0.4 is 5.32 Å². The van der Waals surface area contributed by atoms with E-state index in [0.29, 0.717) is 0 Å². The van der Waals surface area contributed by atoms with Gasteiger partial charge in [0, 0.05) is 6.04 Å². The summed E-state index contributed by atoms with van der Waals surface area (Å²) in [5, 5.41) is 3.71. The standard InChI is InChI=1S/C13H25N/c1-9-4-12-5-10(2)8-14-11(3)13(6-9)7-12/h9-14H,4-8H2,1-3H3. The van der Waals surface area contributed by atoms with Crippen molar-refractivity contribution in [3.8, 4) is 0 Å². The maximum absolute atomic E-state index is 3.71. The second-order valence-electron chi connectivity index (χ2n) is 5.98.